The molecule has 1 aromatic carbocycles. The first-order valence-corrected chi connectivity index (χ1v) is 5.54. The molecule has 0 aliphatic heterocycles. The van der Waals surface area contributed by atoms with Crippen LogP contribution in [0.1, 0.15) is 19.4 Å². The van der Waals surface area contributed by atoms with Crippen LogP contribution in [0, 0.1) is 0 Å². The van der Waals surface area contributed by atoms with Crippen LogP contribution in [-0.2, 0) is 6.54 Å². The molecule has 0 saturated carbocycles. The highest BCUT2D eigenvalue weighted by Crippen LogP contribution is 2.17. The third-order valence-corrected chi connectivity index (χ3v) is 2.55. The van der Waals surface area contributed by atoms with Gasteiger partial charge in [0.05, 0.1) is 5.60 Å². The largest absolute Gasteiger partial charge is 0.389 e. The van der Waals surface area contributed by atoms with Gasteiger partial charge in [-0.3, -0.25) is 0 Å². The Morgan fingerprint density at radius 2 is 2.06 bits per heavy atom. The van der Waals surface area contributed by atoms with Crippen molar-refractivity contribution >= 4 is 10.9 Å². The molecule has 0 fully saturated rings. The molecule has 3 heteroatoms. The minimum absolute atomic E-state index is 0.590. The number of nitrogens with one attached hydrogen (secondary N) is 2. The maximum absolute atomic E-state index is 9.59. The molecule has 0 amide bonds. The second-order valence-corrected chi connectivity index (χ2v) is 4.78. The summed E-state index contributed by atoms with van der Waals surface area (Å²) in [4.78, 5) is 3.23. The third-order valence-electron chi connectivity index (χ3n) is 2.55. The lowest BCUT2D eigenvalue weighted by Crippen LogP contribution is -2.34. The van der Waals surface area contributed by atoms with Crippen LogP contribution in [0.4, 0.5) is 0 Å². The molecule has 86 valence electrons. The summed E-state index contributed by atoms with van der Waals surface area (Å²) in [6.07, 6.45) is 2.02. The van der Waals surface area contributed by atoms with Gasteiger partial charge in [0.25, 0.3) is 0 Å². The van der Waals surface area contributed by atoms with Crippen molar-refractivity contribution in [3.05, 3.63) is 36.0 Å². The number of H-pyrrole nitrogens is 1. The van der Waals surface area contributed by atoms with Gasteiger partial charge in [-0.05, 0) is 25.5 Å². The zero-order valence-corrected chi connectivity index (χ0v) is 9.75. The van der Waals surface area contributed by atoms with Crippen LogP contribution in [0.2, 0.25) is 0 Å². The summed E-state index contributed by atoms with van der Waals surface area (Å²) in [6.45, 7) is 4.96. The Morgan fingerprint density at radius 3 is 2.81 bits per heavy atom. The monoisotopic (exact) mass is 218 g/mol. The van der Waals surface area contributed by atoms with Crippen LogP contribution >= 0.6 is 0 Å². The second kappa shape index (κ2) is 4.28. The summed E-state index contributed by atoms with van der Waals surface area (Å²) in [5.41, 5.74) is 1.73. The Labute approximate surface area is 95.5 Å². The number of aliphatic hydroxyl groups is 1. The van der Waals surface area contributed by atoms with Gasteiger partial charge in [0.1, 0.15) is 0 Å². The van der Waals surface area contributed by atoms with E-state index in [4.69, 9.17) is 0 Å². The molecule has 2 aromatic rings. The first kappa shape index (κ1) is 11.2. The van der Waals surface area contributed by atoms with Crippen LogP contribution in [0.15, 0.2) is 30.5 Å². The Kier molecular flexibility index (Phi) is 2.99. The van der Waals surface area contributed by atoms with E-state index >= 15 is 0 Å². The predicted molar refractivity (Wildman–Crippen MR) is 66.3 cm³/mol. The summed E-state index contributed by atoms with van der Waals surface area (Å²) in [6, 6.07) is 8.23. The van der Waals surface area contributed by atoms with Gasteiger partial charge in [-0.2, -0.15) is 0 Å². The van der Waals surface area contributed by atoms with Gasteiger partial charge in [-0.25, -0.2) is 0 Å². The predicted octanol–water partition coefficient (Wildman–Crippen LogP) is 2.03. The topological polar surface area (TPSA) is 48.0 Å². The maximum Gasteiger partial charge on any atom is 0.0715 e. The Bertz CT molecular complexity index is 468. The standard InChI is InChI=1S/C13H18N2O/c1-13(2,16)9-14-7-10-8-15-12-6-4-3-5-11(10)12/h3-6,8,14-16H,7,9H2,1-2H3. The smallest absolute Gasteiger partial charge is 0.0715 e. The van der Waals surface area contributed by atoms with Crippen LogP contribution in [0.25, 0.3) is 10.9 Å². The van der Waals surface area contributed by atoms with Gasteiger partial charge in [0.2, 0.25) is 0 Å². The Hall–Kier alpha value is -1.32. The van der Waals surface area contributed by atoms with Gasteiger partial charge in [0.15, 0.2) is 0 Å². The quantitative estimate of drug-likeness (QED) is 0.735. The fourth-order valence-corrected chi connectivity index (χ4v) is 1.78. The first-order chi connectivity index (χ1) is 7.56. The molecule has 16 heavy (non-hydrogen) atoms. The Morgan fingerprint density at radius 1 is 1.31 bits per heavy atom. The average Bonchev–Trinajstić information content (AvgIpc) is 2.60. The molecule has 0 saturated heterocycles. The normalized spacial score (nSPS) is 12.2. The lowest BCUT2D eigenvalue weighted by molar-refractivity contribution is 0.0795. The van der Waals surface area contributed by atoms with Crippen molar-refractivity contribution in [2.45, 2.75) is 26.0 Å². The number of fused-ring (bicyclic) bond motifs is 1. The molecule has 0 aliphatic carbocycles. The fraction of sp³-hybridized carbons (Fsp3) is 0.385. The van der Waals surface area contributed by atoms with Gasteiger partial charge >= 0.3 is 0 Å². The van der Waals surface area contributed by atoms with E-state index in [-0.39, 0.29) is 0 Å². The highest BCUT2D eigenvalue weighted by molar-refractivity contribution is 5.82. The van der Waals surface area contributed by atoms with Crippen molar-refractivity contribution in [2.24, 2.45) is 0 Å². The third kappa shape index (κ3) is 2.62. The Balaban J connectivity index is 2.05. The number of benzene rings is 1. The molecule has 1 aromatic heterocycles. The van der Waals surface area contributed by atoms with E-state index in [1.54, 1.807) is 13.8 Å². The van der Waals surface area contributed by atoms with Crippen molar-refractivity contribution < 1.29 is 5.11 Å². The molecule has 0 radical (unpaired) electrons. The first-order valence-electron chi connectivity index (χ1n) is 5.54. The molecule has 0 bridgehead atoms. The maximum atomic E-state index is 9.59. The second-order valence-electron chi connectivity index (χ2n) is 4.78. The van der Waals surface area contributed by atoms with Crippen molar-refractivity contribution in [2.75, 3.05) is 6.54 Å². The van der Waals surface area contributed by atoms with Crippen LogP contribution in [0.5, 0.6) is 0 Å². The summed E-state index contributed by atoms with van der Waals surface area (Å²) in [5, 5.41) is 14.1. The molecule has 0 spiro atoms. The van der Waals surface area contributed by atoms with E-state index in [1.165, 1.54) is 10.9 Å². The average molecular weight is 218 g/mol. The molecule has 2 rings (SSSR count). The summed E-state index contributed by atoms with van der Waals surface area (Å²) < 4.78 is 0. The number of hydrogen-bond donors (Lipinski definition) is 3. The molecule has 1 heterocycles. The number of aromatic amines is 1. The van der Waals surface area contributed by atoms with Crippen LogP contribution in [-0.4, -0.2) is 22.2 Å². The molecule has 0 atom stereocenters. The molecule has 3 N–H and O–H groups in total. The van der Waals surface area contributed by atoms with E-state index in [9.17, 15) is 5.11 Å². The van der Waals surface area contributed by atoms with Crippen molar-refractivity contribution in [3.63, 3.8) is 0 Å². The van der Waals surface area contributed by atoms with E-state index < -0.39 is 5.60 Å². The minimum Gasteiger partial charge on any atom is -0.389 e. The highest BCUT2D eigenvalue weighted by atomic mass is 16.3. The summed E-state index contributed by atoms with van der Waals surface area (Å²) in [7, 11) is 0. The van der Waals surface area contributed by atoms with Crippen LogP contribution < -0.4 is 5.32 Å². The van der Waals surface area contributed by atoms with E-state index in [1.807, 2.05) is 18.3 Å². The number of aromatic nitrogens is 1. The zero-order chi connectivity index (χ0) is 11.6. The molecular formula is C13H18N2O. The lowest BCUT2D eigenvalue weighted by Gasteiger charge is -2.17. The van der Waals surface area contributed by atoms with Gasteiger partial charge in [-0.15, -0.1) is 0 Å². The van der Waals surface area contributed by atoms with Crippen molar-refractivity contribution in [1.82, 2.24) is 10.3 Å². The fourth-order valence-electron chi connectivity index (χ4n) is 1.78. The van der Waals surface area contributed by atoms with E-state index in [0.29, 0.717) is 6.54 Å². The van der Waals surface area contributed by atoms with Gasteiger partial charge in [-0.1, -0.05) is 18.2 Å². The molecule has 0 aliphatic rings. The molecular weight excluding hydrogens is 200 g/mol. The number of hydrogen-bond acceptors (Lipinski definition) is 2. The van der Waals surface area contributed by atoms with Crippen molar-refractivity contribution in [1.29, 1.82) is 0 Å². The molecule has 3 nitrogen and oxygen atoms in total. The molecule has 0 unspecified atom stereocenters. The van der Waals surface area contributed by atoms with E-state index in [2.05, 4.69) is 22.4 Å². The SMILES string of the molecule is CC(C)(O)CNCc1c[nH]c2ccccc12. The number of rotatable bonds is 4. The lowest BCUT2D eigenvalue weighted by atomic mass is 10.1. The summed E-state index contributed by atoms with van der Waals surface area (Å²) >= 11 is 0. The summed E-state index contributed by atoms with van der Waals surface area (Å²) in [5.74, 6) is 0. The zero-order valence-electron chi connectivity index (χ0n) is 9.75. The van der Waals surface area contributed by atoms with Gasteiger partial charge < -0.3 is 15.4 Å². The highest BCUT2D eigenvalue weighted by Gasteiger charge is 2.11. The van der Waals surface area contributed by atoms with Crippen LogP contribution in [0.3, 0.4) is 0 Å². The van der Waals surface area contributed by atoms with Crippen molar-refractivity contribution in [3.8, 4) is 0 Å². The van der Waals surface area contributed by atoms with E-state index in [0.717, 1.165) is 12.1 Å². The van der Waals surface area contributed by atoms with Gasteiger partial charge in [0, 0.05) is 30.2 Å². The minimum atomic E-state index is -0.661. The number of para-hydroxylation sites is 1.